The lowest BCUT2D eigenvalue weighted by atomic mass is 9.77. The van der Waals surface area contributed by atoms with E-state index in [1.807, 2.05) is 12.1 Å². The predicted molar refractivity (Wildman–Crippen MR) is 103 cm³/mol. The highest BCUT2D eigenvalue weighted by molar-refractivity contribution is 6.32. The lowest BCUT2D eigenvalue weighted by molar-refractivity contribution is -0.119. The molecule has 0 saturated carbocycles. The molecule has 4 rings (SSSR count). The summed E-state index contributed by atoms with van der Waals surface area (Å²) in [5.74, 6) is 0.420. The van der Waals surface area contributed by atoms with Gasteiger partial charge in [-0.2, -0.15) is 0 Å². The number of nitrogens with zero attached hydrogens (tertiary/aromatic N) is 2. The van der Waals surface area contributed by atoms with Crippen molar-refractivity contribution in [2.45, 2.75) is 31.6 Å². The quantitative estimate of drug-likeness (QED) is 0.795. The summed E-state index contributed by atoms with van der Waals surface area (Å²) in [7, 11) is 1.55. The highest BCUT2D eigenvalue weighted by Crippen LogP contribution is 2.44. The van der Waals surface area contributed by atoms with E-state index in [9.17, 15) is 9.59 Å². The molecule has 6 heteroatoms. The molecule has 0 N–H and O–H groups in total. The predicted octanol–water partition coefficient (Wildman–Crippen LogP) is 4.27. The van der Waals surface area contributed by atoms with E-state index in [1.165, 1.54) is 0 Å². The molecule has 0 radical (unpaired) electrons. The summed E-state index contributed by atoms with van der Waals surface area (Å²) in [6, 6.07) is 9.02. The first kappa shape index (κ1) is 17.7. The number of halogens is 1. The van der Waals surface area contributed by atoms with Gasteiger partial charge in [0.25, 0.3) is 0 Å². The molecule has 2 aromatic rings. The van der Waals surface area contributed by atoms with Crippen molar-refractivity contribution in [3.63, 3.8) is 0 Å². The molecule has 1 atom stereocenters. The average Bonchev–Trinajstić information content (AvgIpc) is 2.68. The molecule has 1 unspecified atom stereocenters. The summed E-state index contributed by atoms with van der Waals surface area (Å²) in [5.41, 5.74) is 3.17. The zero-order valence-corrected chi connectivity index (χ0v) is 15.7. The number of methoxy groups -OCH3 is 1. The van der Waals surface area contributed by atoms with Gasteiger partial charge in [0, 0.05) is 42.4 Å². The first-order chi connectivity index (χ1) is 13.1. The smallest absolute Gasteiger partial charge is 0.232 e. The molecule has 2 heterocycles. The number of benzene rings is 1. The van der Waals surface area contributed by atoms with Gasteiger partial charge in [-0.3, -0.25) is 19.5 Å². The van der Waals surface area contributed by atoms with Gasteiger partial charge in [-0.25, -0.2) is 0 Å². The first-order valence-electron chi connectivity index (χ1n) is 8.93. The Morgan fingerprint density at radius 1 is 1.15 bits per heavy atom. The highest BCUT2D eigenvalue weighted by Gasteiger charge is 2.39. The standard InChI is InChI=1S/C21H19ClN2O3/c1-27-19-6-5-14(11-16(19)22)24-17-3-2-4-18(25)21(17)15(12-20(24)26)13-7-9-23-10-8-13/h5-11,15H,2-4,12H2,1H3. The second kappa shape index (κ2) is 7.16. The van der Waals surface area contributed by atoms with Crippen LogP contribution in [0.25, 0.3) is 0 Å². The van der Waals surface area contributed by atoms with Gasteiger partial charge < -0.3 is 4.74 Å². The molecule has 1 aliphatic heterocycles. The van der Waals surface area contributed by atoms with Crippen LogP contribution in [0.1, 0.15) is 37.2 Å². The minimum Gasteiger partial charge on any atom is -0.495 e. The first-order valence-corrected chi connectivity index (χ1v) is 9.30. The van der Waals surface area contributed by atoms with Crippen LogP contribution in [0, 0.1) is 0 Å². The second-order valence-electron chi connectivity index (χ2n) is 6.72. The van der Waals surface area contributed by atoms with Gasteiger partial charge >= 0.3 is 0 Å². The van der Waals surface area contributed by atoms with Crippen molar-refractivity contribution in [3.05, 3.63) is 64.6 Å². The number of ketones is 1. The van der Waals surface area contributed by atoms with E-state index in [-0.39, 0.29) is 24.0 Å². The van der Waals surface area contributed by atoms with Crippen molar-refractivity contribution in [2.75, 3.05) is 12.0 Å². The van der Waals surface area contributed by atoms with Crippen LogP contribution in [0.15, 0.2) is 54.0 Å². The number of carbonyl (C=O) groups is 2. The fourth-order valence-electron chi connectivity index (χ4n) is 3.97. The molecule has 138 valence electrons. The molecule has 1 aromatic carbocycles. The number of allylic oxidation sites excluding steroid dienone is 2. The van der Waals surface area contributed by atoms with Crippen LogP contribution in [0.4, 0.5) is 5.69 Å². The fourth-order valence-corrected chi connectivity index (χ4v) is 4.22. The molecule has 1 aromatic heterocycles. The summed E-state index contributed by atoms with van der Waals surface area (Å²) >= 11 is 6.27. The molecule has 0 bridgehead atoms. The molecular formula is C21H19ClN2O3. The number of hydrogen-bond acceptors (Lipinski definition) is 4. The van der Waals surface area contributed by atoms with Crippen LogP contribution in [-0.2, 0) is 9.59 Å². The second-order valence-corrected chi connectivity index (χ2v) is 7.13. The zero-order valence-electron chi connectivity index (χ0n) is 14.9. The number of hydrogen-bond donors (Lipinski definition) is 0. The average molecular weight is 383 g/mol. The van der Waals surface area contributed by atoms with E-state index in [2.05, 4.69) is 4.98 Å². The Morgan fingerprint density at radius 2 is 1.93 bits per heavy atom. The Kier molecular flexibility index (Phi) is 4.70. The van der Waals surface area contributed by atoms with Gasteiger partial charge in [0.1, 0.15) is 5.75 Å². The summed E-state index contributed by atoms with van der Waals surface area (Å²) < 4.78 is 5.21. The monoisotopic (exact) mass is 382 g/mol. The van der Waals surface area contributed by atoms with Crippen LogP contribution < -0.4 is 9.64 Å². The van der Waals surface area contributed by atoms with E-state index in [0.717, 1.165) is 23.3 Å². The Balaban J connectivity index is 1.84. The van der Waals surface area contributed by atoms with E-state index >= 15 is 0 Å². The maximum Gasteiger partial charge on any atom is 0.232 e. The SMILES string of the molecule is COc1ccc(N2C(=O)CC(c3ccncc3)C3=C2CCCC3=O)cc1Cl. The summed E-state index contributed by atoms with van der Waals surface area (Å²) in [6.45, 7) is 0. The number of pyridine rings is 1. The molecule has 27 heavy (non-hydrogen) atoms. The van der Waals surface area contributed by atoms with E-state index in [4.69, 9.17) is 16.3 Å². The number of Topliss-reactive ketones (excluding diaryl/α,β-unsaturated/α-hetero) is 1. The largest absolute Gasteiger partial charge is 0.495 e. The Bertz CT molecular complexity index is 940. The van der Waals surface area contributed by atoms with Crippen molar-refractivity contribution in [1.29, 1.82) is 0 Å². The van der Waals surface area contributed by atoms with Crippen LogP contribution in [0.2, 0.25) is 5.02 Å². The van der Waals surface area contributed by atoms with Crippen LogP contribution in [0.3, 0.4) is 0 Å². The van der Waals surface area contributed by atoms with Crippen molar-refractivity contribution in [1.82, 2.24) is 4.98 Å². The topological polar surface area (TPSA) is 59.5 Å². The maximum atomic E-state index is 13.1. The van der Waals surface area contributed by atoms with E-state index in [0.29, 0.717) is 29.3 Å². The summed E-state index contributed by atoms with van der Waals surface area (Å²) in [6.07, 6.45) is 5.60. The lowest BCUT2D eigenvalue weighted by Gasteiger charge is -2.38. The van der Waals surface area contributed by atoms with Gasteiger partial charge in [0.2, 0.25) is 5.91 Å². The molecule has 0 fully saturated rings. The van der Waals surface area contributed by atoms with Gasteiger partial charge in [0.15, 0.2) is 5.78 Å². The Labute approximate surface area is 162 Å². The fraction of sp³-hybridized carbons (Fsp3) is 0.286. The van der Waals surface area contributed by atoms with Crippen molar-refractivity contribution in [3.8, 4) is 5.75 Å². The van der Waals surface area contributed by atoms with Gasteiger partial charge in [-0.15, -0.1) is 0 Å². The minimum absolute atomic E-state index is 0.0357. The molecule has 2 aliphatic rings. The molecule has 0 saturated heterocycles. The number of ether oxygens (including phenoxy) is 1. The zero-order chi connectivity index (χ0) is 19.0. The van der Waals surface area contributed by atoms with Gasteiger partial charge in [-0.05, 0) is 48.7 Å². The summed E-state index contributed by atoms with van der Waals surface area (Å²) in [4.78, 5) is 31.6. The number of anilines is 1. The third-order valence-electron chi connectivity index (χ3n) is 5.18. The maximum absolute atomic E-state index is 13.1. The van der Waals surface area contributed by atoms with E-state index in [1.54, 1.807) is 42.6 Å². The number of amides is 1. The number of carbonyl (C=O) groups excluding carboxylic acids is 2. The van der Waals surface area contributed by atoms with Crippen LogP contribution in [0.5, 0.6) is 5.75 Å². The Hall–Kier alpha value is -2.66. The third-order valence-corrected chi connectivity index (χ3v) is 5.47. The Morgan fingerprint density at radius 3 is 2.63 bits per heavy atom. The van der Waals surface area contributed by atoms with Crippen LogP contribution in [-0.4, -0.2) is 23.8 Å². The minimum atomic E-state index is -0.215. The number of rotatable bonds is 3. The molecule has 0 spiro atoms. The van der Waals surface area contributed by atoms with Crippen molar-refractivity contribution in [2.24, 2.45) is 0 Å². The normalized spacial score (nSPS) is 19.9. The van der Waals surface area contributed by atoms with Gasteiger partial charge in [0.05, 0.1) is 17.8 Å². The summed E-state index contributed by atoms with van der Waals surface area (Å²) in [5, 5.41) is 0.434. The highest BCUT2D eigenvalue weighted by atomic mass is 35.5. The lowest BCUT2D eigenvalue weighted by Crippen LogP contribution is -2.40. The number of aromatic nitrogens is 1. The van der Waals surface area contributed by atoms with Crippen molar-refractivity contribution < 1.29 is 14.3 Å². The molecule has 5 nitrogen and oxygen atoms in total. The van der Waals surface area contributed by atoms with Gasteiger partial charge in [-0.1, -0.05) is 11.6 Å². The third kappa shape index (κ3) is 3.12. The van der Waals surface area contributed by atoms with E-state index < -0.39 is 0 Å². The van der Waals surface area contributed by atoms with Crippen LogP contribution >= 0.6 is 11.6 Å². The molecule has 1 aliphatic carbocycles. The molecular weight excluding hydrogens is 364 g/mol. The molecule has 1 amide bonds. The van der Waals surface area contributed by atoms with Crippen molar-refractivity contribution >= 4 is 29.0 Å².